The molecule has 0 bridgehead atoms. The molecule has 0 amide bonds. The molecule has 0 N–H and O–H groups in total. The largest absolute Gasteiger partial charge is 0.418 e. The number of nitro groups is 1. The summed E-state index contributed by atoms with van der Waals surface area (Å²) in [6, 6.07) is 1.46. The van der Waals surface area contributed by atoms with Gasteiger partial charge >= 0.3 is 11.7 Å². The molecule has 88 valence electrons. The Morgan fingerprint density at radius 2 is 2.35 bits per heavy atom. The monoisotopic (exact) mass is 349 g/mol. The average Bonchev–Trinajstić information content (AvgIpc) is 2.64. The highest BCUT2D eigenvalue weighted by molar-refractivity contribution is 14.1. The second kappa shape index (κ2) is 4.24. The summed E-state index contributed by atoms with van der Waals surface area (Å²) in [7, 11) is 0. The molecule has 0 saturated carbocycles. The van der Waals surface area contributed by atoms with Gasteiger partial charge in [0.1, 0.15) is 0 Å². The molecule has 8 nitrogen and oxygen atoms in total. The summed E-state index contributed by atoms with van der Waals surface area (Å²) >= 11 is 1.80. The van der Waals surface area contributed by atoms with Gasteiger partial charge in [0.25, 0.3) is 0 Å². The van der Waals surface area contributed by atoms with Crippen LogP contribution in [0.15, 0.2) is 10.6 Å². The minimum absolute atomic E-state index is 0.0494. The number of ether oxygens (including phenoxy) is 1. The number of hydrogen-bond acceptors (Lipinski definition) is 7. The summed E-state index contributed by atoms with van der Waals surface area (Å²) in [4.78, 5) is 21.2. The smallest absolute Gasteiger partial charge is 0.344 e. The van der Waals surface area contributed by atoms with E-state index >= 15 is 0 Å². The number of halogens is 1. The molecule has 2 aromatic rings. The zero-order chi connectivity index (χ0) is 12.6. The Labute approximate surface area is 107 Å². The highest BCUT2D eigenvalue weighted by Gasteiger charge is 2.28. The maximum Gasteiger partial charge on any atom is 0.344 e. The first kappa shape index (κ1) is 11.7. The molecule has 9 heteroatoms. The Kier molecular flexibility index (Phi) is 2.92. The molecule has 0 aliphatic heterocycles. The van der Waals surface area contributed by atoms with Gasteiger partial charge in [-0.2, -0.15) is 0 Å². The van der Waals surface area contributed by atoms with Crippen molar-refractivity contribution in [3.8, 4) is 5.75 Å². The van der Waals surface area contributed by atoms with Crippen molar-refractivity contribution in [3.05, 3.63) is 19.8 Å². The lowest BCUT2D eigenvalue weighted by molar-refractivity contribution is -0.384. The van der Waals surface area contributed by atoms with Crippen molar-refractivity contribution in [2.75, 3.05) is 0 Å². The highest BCUT2D eigenvalue weighted by atomic mass is 127. The number of esters is 1. The molecule has 0 radical (unpaired) electrons. The van der Waals surface area contributed by atoms with Crippen LogP contribution in [-0.4, -0.2) is 21.3 Å². The maximum atomic E-state index is 11.0. The molecule has 0 fully saturated rings. The first-order valence-electron chi connectivity index (χ1n) is 4.28. The molecular formula is C8H4IN3O5. The molecule has 0 saturated heterocycles. The van der Waals surface area contributed by atoms with E-state index in [0.717, 1.165) is 6.92 Å². The van der Waals surface area contributed by atoms with E-state index in [2.05, 4.69) is 10.4 Å². The standard InChI is InChI=1S/C8H4IN3O5/c1-3(13)16-8-4(9)2-5-6(10-11-17-5)7(8)12(14)15/h2H,1H3. The van der Waals surface area contributed by atoms with E-state index in [1.54, 1.807) is 22.6 Å². The highest BCUT2D eigenvalue weighted by Crippen LogP contribution is 2.38. The van der Waals surface area contributed by atoms with Gasteiger partial charge in [0, 0.05) is 18.3 Å². The van der Waals surface area contributed by atoms with Gasteiger partial charge in [-0.1, -0.05) is 0 Å². The van der Waals surface area contributed by atoms with Crippen LogP contribution in [0, 0.1) is 13.7 Å². The number of rotatable bonds is 2. The minimum atomic E-state index is -0.688. The quantitative estimate of drug-likeness (QED) is 0.267. The lowest BCUT2D eigenvalue weighted by Gasteiger charge is -2.04. The van der Waals surface area contributed by atoms with E-state index in [1.165, 1.54) is 6.07 Å². The molecule has 2 rings (SSSR count). The molecule has 1 aromatic heterocycles. The molecule has 1 heterocycles. The zero-order valence-electron chi connectivity index (χ0n) is 8.34. The molecular weight excluding hydrogens is 345 g/mol. The molecule has 17 heavy (non-hydrogen) atoms. The molecule has 0 unspecified atom stereocenters. The van der Waals surface area contributed by atoms with Crippen LogP contribution >= 0.6 is 22.6 Å². The van der Waals surface area contributed by atoms with Gasteiger partial charge in [0.15, 0.2) is 5.58 Å². The number of carbonyl (C=O) groups excluding carboxylic acids is 1. The van der Waals surface area contributed by atoms with Crippen LogP contribution < -0.4 is 4.74 Å². The summed E-state index contributed by atoms with van der Waals surface area (Å²) in [5.41, 5.74) is -0.313. The number of nitro benzene ring substituents is 1. The lowest BCUT2D eigenvalue weighted by Crippen LogP contribution is -2.06. The SMILES string of the molecule is CC(=O)Oc1c(I)cc2onnc2c1[N+](=O)[O-]. The number of benzene rings is 1. The first-order chi connectivity index (χ1) is 8.00. The first-order valence-corrected chi connectivity index (χ1v) is 5.36. The van der Waals surface area contributed by atoms with Crippen LogP contribution in [-0.2, 0) is 4.79 Å². The fourth-order valence-corrected chi connectivity index (χ4v) is 1.92. The minimum Gasteiger partial charge on any atom is -0.418 e. The van der Waals surface area contributed by atoms with Gasteiger partial charge in [-0.25, -0.2) is 0 Å². The second-order valence-corrected chi connectivity index (χ2v) is 4.17. The molecule has 0 atom stereocenters. The predicted octanol–water partition coefficient (Wildman–Crippen LogP) is 1.66. The number of carbonyl (C=O) groups is 1. The topological polar surface area (TPSA) is 108 Å². The van der Waals surface area contributed by atoms with E-state index in [-0.39, 0.29) is 16.8 Å². The Hall–Kier alpha value is -1.78. The average molecular weight is 349 g/mol. The summed E-state index contributed by atoms with van der Waals surface area (Å²) < 4.78 is 9.93. The van der Waals surface area contributed by atoms with Gasteiger partial charge < -0.3 is 9.26 Å². The van der Waals surface area contributed by atoms with Crippen LogP contribution in [0.4, 0.5) is 5.69 Å². The second-order valence-electron chi connectivity index (χ2n) is 3.01. The summed E-state index contributed by atoms with van der Waals surface area (Å²) in [6.07, 6.45) is 0. The third-order valence-electron chi connectivity index (χ3n) is 1.86. The lowest BCUT2D eigenvalue weighted by atomic mass is 10.2. The van der Waals surface area contributed by atoms with E-state index in [9.17, 15) is 14.9 Å². The van der Waals surface area contributed by atoms with Gasteiger partial charge in [0.05, 0.1) is 8.49 Å². The van der Waals surface area contributed by atoms with Crippen molar-refractivity contribution in [2.24, 2.45) is 0 Å². The van der Waals surface area contributed by atoms with Gasteiger partial charge in [0.2, 0.25) is 11.3 Å². The van der Waals surface area contributed by atoms with Gasteiger partial charge in [-0.3, -0.25) is 14.9 Å². The fourth-order valence-electron chi connectivity index (χ4n) is 1.27. The summed E-state index contributed by atoms with van der Waals surface area (Å²) in [6.45, 7) is 1.16. The van der Waals surface area contributed by atoms with Crippen molar-refractivity contribution in [1.29, 1.82) is 0 Å². The molecule has 1 aromatic carbocycles. The van der Waals surface area contributed by atoms with Crippen molar-refractivity contribution in [1.82, 2.24) is 10.4 Å². The van der Waals surface area contributed by atoms with E-state index in [4.69, 9.17) is 9.26 Å². The normalized spacial score (nSPS) is 10.5. The fraction of sp³-hybridized carbons (Fsp3) is 0.125. The molecule has 0 aliphatic rings. The van der Waals surface area contributed by atoms with Gasteiger partial charge in [-0.15, -0.1) is 5.10 Å². The zero-order valence-corrected chi connectivity index (χ0v) is 10.5. The third-order valence-corrected chi connectivity index (χ3v) is 2.66. The summed E-state index contributed by atoms with van der Waals surface area (Å²) in [5, 5.41) is 17.7. The Morgan fingerprint density at radius 1 is 1.65 bits per heavy atom. The van der Waals surface area contributed by atoms with E-state index in [0.29, 0.717) is 3.57 Å². The van der Waals surface area contributed by atoms with E-state index < -0.39 is 16.6 Å². The van der Waals surface area contributed by atoms with Crippen LogP contribution in [0.25, 0.3) is 11.1 Å². The van der Waals surface area contributed by atoms with Crippen LogP contribution in [0.3, 0.4) is 0 Å². The van der Waals surface area contributed by atoms with Crippen molar-refractivity contribution in [2.45, 2.75) is 6.92 Å². The number of fused-ring (bicyclic) bond motifs is 1. The van der Waals surface area contributed by atoms with Crippen LogP contribution in [0.2, 0.25) is 0 Å². The van der Waals surface area contributed by atoms with E-state index in [1.807, 2.05) is 0 Å². The van der Waals surface area contributed by atoms with Crippen LogP contribution in [0.5, 0.6) is 5.75 Å². The van der Waals surface area contributed by atoms with Crippen molar-refractivity contribution < 1.29 is 19.0 Å². The number of hydrogen-bond donors (Lipinski definition) is 0. The van der Waals surface area contributed by atoms with Crippen LogP contribution in [0.1, 0.15) is 6.92 Å². The molecule has 0 aliphatic carbocycles. The number of nitrogens with zero attached hydrogens (tertiary/aromatic N) is 3. The third kappa shape index (κ3) is 2.05. The van der Waals surface area contributed by atoms with Gasteiger partial charge in [-0.05, 0) is 22.6 Å². The summed E-state index contributed by atoms with van der Waals surface area (Å²) in [5.74, 6) is -0.798. The Bertz CT molecular complexity index is 623. The number of aromatic nitrogens is 2. The van der Waals surface area contributed by atoms with Crippen molar-refractivity contribution in [3.63, 3.8) is 0 Å². The maximum absolute atomic E-state index is 11.0. The Morgan fingerprint density at radius 3 is 2.94 bits per heavy atom. The molecule has 0 spiro atoms. The predicted molar refractivity (Wildman–Crippen MR) is 62.5 cm³/mol. The van der Waals surface area contributed by atoms with Crippen molar-refractivity contribution >= 4 is 45.3 Å². The Balaban J connectivity index is 2.78.